The minimum absolute atomic E-state index is 0.212. The summed E-state index contributed by atoms with van der Waals surface area (Å²) in [6.45, 7) is 8.60. The van der Waals surface area contributed by atoms with E-state index in [2.05, 4.69) is 21.9 Å². The molecule has 0 aromatic heterocycles. The van der Waals surface area contributed by atoms with Gasteiger partial charge in [0.15, 0.2) is 0 Å². The molecule has 1 aromatic carbocycles. The number of hydrogen-bond acceptors (Lipinski definition) is 5. The molecule has 136 valence electrons. The highest BCUT2D eigenvalue weighted by molar-refractivity contribution is 5.95. The van der Waals surface area contributed by atoms with Crippen LogP contribution >= 0.6 is 0 Å². The molecule has 0 bridgehead atoms. The zero-order valence-corrected chi connectivity index (χ0v) is 14.9. The van der Waals surface area contributed by atoms with Gasteiger partial charge in [-0.1, -0.05) is 36.9 Å². The van der Waals surface area contributed by atoms with Crippen LogP contribution in [0, 0.1) is 0 Å². The van der Waals surface area contributed by atoms with E-state index in [1.54, 1.807) is 20.8 Å². The zero-order valence-electron chi connectivity index (χ0n) is 14.9. The molecule has 0 saturated heterocycles. The van der Waals surface area contributed by atoms with Crippen molar-refractivity contribution in [3.05, 3.63) is 48.2 Å². The van der Waals surface area contributed by atoms with Crippen molar-refractivity contribution in [3.63, 3.8) is 0 Å². The highest BCUT2D eigenvalue weighted by atomic mass is 16.6. The van der Waals surface area contributed by atoms with E-state index in [4.69, 9.17) is 4.74 Å². The second-order valence-corrected chi connectivity index (χ2v) is 6.35. The van der Waals surface area contributed by atoms with Gasteiger partial charge in [0, 0.05) is 6.42 Å². The third-order valence-corrected chi connectivity index (χ3v) is 3.00. The Morgan fingerprint density at radius 3 is 2.28 bits per heavy atom. The summed E-state index contributed by atoms with van der Waals surface area (Å²) >= 11 is 0. The number of rotatable bonds is 6. The second kappa shape index (κ2) is 8.86. The minimum atomic E-state index is -0.946. The number of alkyl carbamates (subject to hydrolysis) is 1. The van der Waals surface area contributed by atoms with Crippen molar-refractivity contribution in [1.82, 2.24) is 10.6 Å². The van der Waals surface area contributed by atoms with Crippen molar-refractivity contribution in [1.29, 1.82) is 0 Å². The van der Waals surface area contributed by atoms with Gasteiger partial charge < -0.3 is 20.1 Å². The predicted molar refractivity (Wildman–Crippen MR) is 92.6 cm³/mol. The van der Waals surface area contributed by atoms with Crippen LogP contribution in [0.3, 0.4) is 0 Å². The van der Waals surface area contributed by atoms with Crippen LogP contribution in [0.4, 0.5) is 4.79 Å². The number of nitrogens with one attached hydrogen (secondary N) is 2. The maximum absolute atomic E-state index is 12.4. The Labute approximate surface area is 147 Å². The van der Waals surface area contributed by atoms with Crippen LogP contribution in [-0.4, -0.2) is 36.7 Å². The van der Waals surface area contributed by atoms with E-state index in [1.807, 2.05) is 30.3 Å². The minimum Gasteiger partial charge on any atom is -0.464 e. The lowest BCUT2D eigenvalue weighted by atomic mass is 10.1. The van der Waals surface area contributed by atoms with Crippen molar-refractivity contribution in [3.8, 4) is 0 Å². The number of esters is 1. The van der Waals surface area contributed by atoms with Gasteiger partial charge in [-0.15, -0.1) is 0 Å². The second-order valence-electron chi connectivity index (χ2n) is 6.35. The summed E-state index contributed by atoms with van der Waals surface area (Å²) in [7, 11) is 1.18. The molecule has 0 fully saturated rings. The van der Waals surface area contributed by atoms with E-state index in [1.165, 1.54) is 7.11 Å². The molecular formula is C18H24N2O5. The van der Waals surface area contributed by atoms with Gasteiger partial charge in [-0.25, -0.2) is 9.59 Å². The first-order valence-corrected chi connectivity index (χ1v) is 7.74. The molecule has 0 aliphatic heterocycles. The molecule has 25 heavy (non-hydrogen) atoms. The number of ether oxygens (including phenoxy) is 2. The quantitative estimate of drug-likeness (QED) is 0.605. The lowest BCUT2D eigenvalue weighted by molar-refractivity contribution is -0.138. The first kappa shape index (κ1) is 20.2. The molecule has 0 aliphatic carbocycles. The highest BCUT2D eigenvalue weighted by Gasteiger charge is 2.26. The first-order chi connectivity index (χ1) is 11.6. The van der Waals surface area contributed by atoms with Gasteiger partial charge in [0.05, 0.1) is 7.11 Å². The van der Waals surface area contributed by atoms with Crippen LogP contribution in [0.2, 0.25) is 0 Å². The van der Waals surface area contributed by atoms with E-state index < -0.39 is 29.6 Å². The summed E-state index contributed by atoms with van der Waals surface area (Å²) in [5, 5.41) is 4.86. The summed E-state index contributed by atoms with van der Waals surface area (Å²) < 4.78 is 9.68. The molecule has 2 amide bonds. The normalized spacial score (nSPS) is 11.8. The van der Waals surface area contributed by atoms with Gasteiger partial charge in [-0.3, -0.25) is 4.79 Å². The Kier molecular flexibility index (Phi) is 7.17. The van der Waals surface area contributed by atoms with Crippen LogP contribution in [0.25, 0.3) is 0 Å². The van der Waals surface area contributed by atoms with Crippen LogP contribution in [0.5, 0.6) is 0 Å². The molecule has 0 aliphatic rings. The largest absolute Gasteiger partial charge is 0.464 e. The Balaban J connectivity index is 2.86. The third-order valence-electron chi connectivity index (χ3n) is 3.00. The zero-order chi connectivity index (χ0) is 19.0. The first-order valence-electron chi connectivity index (χ1n) is 7.74. The third kappa shape index (κ3) is 7.52. The van der Waals surface area contributed by atoms with Crippen LogP contribution in [0.15, 0.2) is 42.6 Å². The Bertz CT molecular complexity index is 635. The van der Waals surface area contributed by atoms with Crippen LogP contribution in [-0.2, 0) is 25.5 Å². The summed E-state index contributed by atoms with van der Waals surface area (Å²) in [4.78, 5) is 35.8. The molecule has 1 unspecified atom stereocenters. The molecule has 0 heterocycles. The van der Waals surface area contributed by atoms with Crippen molar-refractivity contribution < 1.29 is 23.9 Å². The number of amides is 2. The van der Waals surface area contributed by atoms with Crippen molar-refractivity contribution in [2.24, 2.45) is 0 Å². The summed E-state index contributed by atoms with van der Waals surface area (Å²) in [6, 6.07) is 8.20. The molecule has 7 nitrogen and oxygen atoms in total. The highest BCUT2D eigenvalue weighted by Crippen LogP contribution is 2.09. The van der Waals surface area contributed by atoms with Gasteiger partial charge in [-0.2, -0.15) is 0 Å². The van der Waals surface area contributed by atoms with E-state index in [0.717, 1.165) is 5.56 Å². The molecular weight excluding hydrogens is 324 g/mol. The lowest BCUT2D eigenvalue weighted by Crippen LogP contribution is -2.49. The van der Waals surface area contributed by atoms with E-state index in [-0.39, 0.29) is 12.1 Å². The van der Waals surface area contributed by atoms with Gasteiger partial charge in [0.1, 0.15) is 17.3 Å². The molecule has 2 N–H and O–H groups in total. The van der Waals surface area contributed by atoms with Crippen LogP contribution in [0.1, 0.15) is 26.3 Å². The molecule has 0 spiro atoms. The smallest absolute Gasteiger partial charge is 0.408 e. The van der Waals surface area contributed by atoms with E-state index in [0.29, 0.717) is 0 Å². The lowest BCUT2D eigenvalue weighted by Gasteiger charge is -2.23. The number of carbonyl (C=O) groups excluding carboxylic acids is 3. The van der Waals surface area contributed by atoms with Crippen molar-refractivity contribution >= 4 is 18.0 Å². The monoisotopic (exact) mass is 348 g/mol. The summed E-state index contributed by atoms with van der Waals surface area (Å²) in [6.07, 6.45) is -0.507. The van der Waals surface area contributed by atoms with Gasteiger partial charge in [0.2, 0.25) is 5.91 Å². The molecule has 0 saturated carbocycles. The van der Waals surface area contributed by atoms with Crippen molar-refractivity contribution in [2.75, 3.05) is 7.11 Å². The van der Waals surface area contributed by atoms with Crippen molar-refractivity contribution in [2.45, 2.75) is 38.8 Å². The number of methoxy groups -OCH3 is 1. The fourth-order valence-corrected chi connectivity index (χ4v) is 1.92. The number of benzene rings is 1. The standard InChI is InChI=1S/C18H24N2O5/c1-12(16(22)24-5)19-15(21)14(11-13-9-7-6-8-10-13)20-17(23)25-18(2,3)4/h6-10,14H,1,11H2,2-5H3,(H,19,21)(H,20,23). The Morgan fingerprint density at radius 1 is 1.16 bits per heavy atom. The molecule has 1 atom stereocenters. The predicted octanol–water partition coefficient (Wildman–Crippen LogP) is 1.93. The topological polar surface area (TPSA) is 93.7 Å². The Morgan fingerprint density at radius 2 is 1.76 bits per heavy atom. The number of carbonyl (C=O) groups is 3. The average molecular weight is 348 g/mol. The van der Waals surface area contributed by atoms with Gasteiger partial charge in [0.25, 0.3) is 0 Å². The molecule has 1 rings (SSSR count). The fourth-order valence-electron chi connectivity index (χ4n) is 1.92. The van der Waals surface area contributed by atoms with Crippen LogP contribution < -0.4 is 10.6 Å². The number of hydrogen-bond donors (Lipinski definition) is 2. The summed E-state index contributed by atoms with van der Waals surface area (Å²) in [5.74, 6) is -1.35. The SMILES string of the molecule is C=C(NC(=O)C(Cc1ccccc1)NC(=O)OC(C)(C)C)C(=O)OC. The van der Waals surface area contributed by atoms with E-state index >= 15 is 0 Å². The Hall–Kier alpha value is -2.83. The van der Waals surface area contributed by atoms with E-state index in [9.17, 15) is 14.4 Å². The average Bonchev–Trinajstić information content (AvgIpc) is 2.52. The maximum Gasteiger partial charge on any atom is 0.408 e. The fraction of sp³-hybridized carbons (Fsp3) is 0.389. The summed E-state index contributed by atoms with van der Waals surface area (Å²) in [5.41, 5.74) is -0.0769. The van der Waals surface area contributed by atoms with Gasteiger partial charge >= 0.3 is 12.1 Å². The molecule has 1 aromatic rings. The molecule has 0 radical (unpaired) electrons. The van der Waals surface area contributed by atoms with Gasteiger partial charge in [-0.05, 0) is 26.3 Å². The maximum atomic E-state index is 12.4. The molecule has 7 heteroatoms.